The van der Waals surface area contributed by atoms with Crippen molar-refractivity contribution < 1.29 is 14.7 Å². The van der Waals surface area contributed by atoms with Crippen molar-refractivity contribution in [2.75, 3.05) is 26.7 Å². The first-order valence-electron chi connectivity index (χ1n) is 6.40. The van der Waals surface area contributed by atoms with Gasteiger partial charge >= 0.3 is 0 Å². The van der Waals surface area contributed by atoms with Crippen LogP contribution in [-0.4, -0.2) is 53.5 Å². The Bertz CT molecular complexity index is 390. The van der Waals surface area contributed by atoms with Gasteiger partial charge in [-0.1, -0.05) is 0 Å². The fourth-order valence-electron chi connectivity index (χ4n) is 1.70. The maximum atomic E-state index is 11.6. The lowest BCUT2D eigenvalue weighted by molar-refractivity contribution is -0.121. The van der Waals surface area contributed by atoms with E-state index in [-0.39, 0.29) is 19.1 Å². The molecular formula is C13H21N3O3. The summed E-state index contributed by atoms with van der Waals surface area (Å²) in [4.78, 5) is 27.8. The second-order valence-corrected chi connectivity index (χ2v) is 4.48. The van der Waals surface area contributed by atoms with Crippen molar-refractivity contribution in [2.45, 2.75) is 19.3 Å². The molecule has 1 heterocycles. The molecule has 0 aliphatic heterocycles. The van der Waals surface area contributed by atoms with Gasteiger partial charge in [0.05, 0.1) is 6.54 Å². The van der Waals surface area contributed by atoms with Crippen LogP contribution in [0.1, 0.15) is 29.8 Å². The van der Waals surface area contributed by atoms with Gasteiger partial charge in [0.1, 0.15) is 5.69 Å². The van der Waals surface area contributed by atoms with Crippen LogP contribution >= 0.6 is 0 Å². The molecule has 0 aliphatic rings. The first-order chi connectivity index (χ1) is 9.13. The number of amides is 2. The molecule has 106 valence electrons. The van der Waals surface area contributed by atoms with E-state index in [4.69, 9.17) is 5.11 Å². The molecule has 0 saturated carbocycles. The zero-order valence-electron chi connectivity index (χ0n) is 11.2. The maximum Gasteiger partial charge on any atom is 0.274 e. The predicted octanol–water partition coefficient (Wildman–Crippen LogP) is 0.365. The van der Waals surface area contributed by atoms with Gasteiger partial charge in [0, 0.05) is 12.8 Å². The molecule has 0 radical (unpaired) electrons. The highest BCUT2D eigenvalue weighted by Gasteiger charge is 2.12. The molecule has 1 rings (SSSR count). The Labute approximate surface area is 112 Å². The molecule has 0 aromatic carbocycles. The molecule has 0 fully saturated rings. The first-order valence-corrected chi connectivity index (χ1v) is 6.40. The van der Waals surface area contributed by atoms with E-state index in [1.807, 2.05) is 11.9 Å². The Morgan fingerprint density at radius 2 is 2.16 bits per heavy atom. The summed E-state index contributed by atoms with van der Waals surface area (Å²) in [6, 6.07) is 3.31. The van der Waals surface area contributed by atoms with E-state index in [2.05, 4.69) is 10.3 Å². The number of nitrogens with zero attached hydrogens (tertiary/aromatic N) is 1. The number of rotatable bonds is 8. The van der Waals surface area contributed by atoms with E-state index in [0.717, 1.165) is 25.8 Å². The number of aliphatic hydroxyl groups is 1. The summed E-state index contributed by atoms with van der Waals surface area (Å²) >= 11 is 0. The number of nitrogens with one attached hydrogen (secondary N) is 2. The smallest absolute Gasteiger partial charge is 0.274 e. The van der Waals surface area contributed by atoms with Crippen LogP contribution in [0.4, 0.5) is 0 Å². The number of imide groups is 1. The van der Waals surface area contributed by atoms with Crippen LogP contribution < -0.4 is 5.32 Å². The molecule has 3 N–H and O–H groups in total. The summed E-state index contributed by atoms with van der Waals surface area (Å²) in [7, 11) is 1.83. The highest BCUT2D eigenvalue weighted by molar-refractivity contribution is 6.04. The predicted molar refractivity (Wildman–Crippen MR) is 71.7 cm³/mol. The Morgan fingerprint density at radius 3 is 2.79 bits per heavy atom. The van der Waals surface area contributed by atoms with Crippen molar-refractivity contribution in [1.29, 1.82) is 0 Å². The van der Waals surface area contributed by atoms with Crippen LogP contribution in [0.2, 0.25) is 0 Å². The monoisotopic (exact) mass is 267 g/mol. The summed E-state index contributed by atoms with van der Waals surface area (Å²) in [5.41, 5.74) is 0.374. The van der Waals surface area contributed by atoms with E-state index >= 15 is 0 Å². The third kappa shape index (κ3) is 6.17. The summed E-state index contributed by atoms with van der Waals surface area (Å²) in [6.07, 6.45) is 4.27. The van der Waals surface area contributed by atoms with Crippen molar-refractivity contribution in [2.24, 2.45) is 0 Å². The summed E-state index contributed by atoms with van der Waals surface area (Å²) in [5, 5.41) is 11.0. The Morgan fingerprint density at radius 1 is 1.37 bits per heavy atom. The van der Waals surface area contributed by atoms with Gasteiger partial charge in [0.25, 0.3) is 5.91 Å². The highest BCUT2D eigenvalue weighted by Crippen LogP contribution is 1.97. The second-order valence-electron chi connectivity index (χ2n) is 4.48. The van der Waals surface area contributed by atoms with Crippen molar-refractivity contribution in [3.8, 4) is 0 Å². The fourth-order valence-corrected chi connectivity index (χ4v) is 1.70. The quantitative estimate of drug-likeness (QED) is 0.594. The molecule has 2 amide bonds. The minimum absolute atomic E-state index is 0.186. The van der Waals surface area contributed by atoms with E-state index in [1.54, 1.807) is 18.3 Å². The van der Waals surface area contributed by atoms with Gasteiger partial charge in [-0.15, -0.1) is 0 Å². The lowest BCUT2D eigenvalue weighted by atomic mass is 10.2. The molecule has 19 heavy (non-hydrogen) atoms. The molecule has 0 atom stereocenters. The van der Waals surface area contributed by atoms with Gasteiger partial charge in [0.15, 0.2) is 0 Å². The number of carbonyl (C=O) groups excluding carboxylic acids is 2. The van der Waals surface area contributed by atoms with E-state index in [9.17, 15) is 9.59 Å². The third-order valence-electron chi connectivity index (χ3n) is 2.71. The standard InChI is InChI=1S/C13H21N3O3/c1-16(8-3-2-4-9-17)10-12(18)15-13(19)11-6-5-7-14-11/h5-7,14,17H,2-4,8-10H2,1H3,(H,15,18,19). The molecule has 0 spiro atoms. The number of aromatic nitrogens is 1. The number of aliphatic hydroxyl groups excluding tert-OH is 1. The zero-order chi connectivity index (χ0) is 14.1. The highest BCUT2D eigenvalue weighted by atomic mass is 16.3. The van der Waals surface area contributed by atoms with Crippen LogP contribution in [0.5, 0.6) is 0 Å². The summed E-state index contributed by atoms with van der Waals surface area (Å²) < 4.78 is 0. The number of aromatic amines is 1. The van der Waals surface area contributed by atoms with E-state index in [1.165, 1.54) is 0 Å². The minimum atomic E-state index is -0.413. The van der Waals surface area contributed by atoms with Crippen LogP contribution in [0, 0.1) is 0 Å². The maximum absolute atomic E-state index is 11.6. The molecule has 0 unspecified atom stereocenters. The Hall–Kier alpha value is -1.66. The molecule has 6 heteroatoms. The third-order valence-corrected chi connectivity index (χ3v) is 2.71. The van der Waals surface area contributed by atoms with Crippen LogP contribution in [0.25, 0.3) is 0 Å². The zero-order valence-corrected chi connectivity index (χ0v) is 11.2. The largest absolute Gasteiger partial charge is 0.396 e. The van der Waals surface area contributed by atoms with Gasteiger partial charge in [0.2, 0.25) is 5.91 Å². The average Bonchev–Trinajstić information content (AvgIpc) is 2.88. The molecule has 0 bridgehead atoms. The fraction of sp³-hybridized carbons (Fsp3) is 0.538. The Kier molecular flexibility index (Phi) is 6.84. The molecule has 1 aromatic heterocycles. The first kappa shape index (κ1) is 15.4. The Balaban J connectivity index is 2.21. The molecule has 6 nitrogen and oxygen atoms in total. The van der Waals surface area contributed by atoms with E-state index < -0.39 is 5.91 Å². The topological polar surface area (TPSA) is 85.4 Å². The van der Waals surface area contributed by atoms with Crippen molar-refractivity contribution in [1.82, 2.24) is 15.2 Å². The number of carbonyl (C=O) groups is 2. The van der Waals surface area contributed by atoms with Crippen LogP contribution in [0.3, 0.4) is 0 Å². The van der Waals surface area contributed by atoms with Crippen LogP contribution in [0.15, 0.2) is 18.3 Å². The lowest BCUT2D eigenvalue weighted by Gasteiger charge is -2.15. The van der Waals surface area contributed by atoms with E-state index in [0.29, 0.717) is 5.69 Å². The van der Waals surface area contributed by atoms with Gasteiger partial charge in [-0.25, -0.2) is 0 Å². The van der Waals surface area contributed by atoms with Crippen LogP contribution in [-0.2, 0) is 4.79 Å². The minimum Gasteiger partial charge on any atom is -0.396 e. The van der Waals surface area contributed by atoms with Gasteiger partial charge in [-0.2, -0.15) is 0 Å². The molecular weight excluding hydrogens is 246 g/mol. The normalized spacial score (nSPS) is 10.7. The number of hydrogen-bond donors (Lipinski definition) is 3. The van der Waals surface area contributed by atoms with Gasteiger partial charge in [-0.3, -0.25) is 19.8 Å². The lowest BCUT2D eigenvalue weighted by Crippen LogP contribution is -2.39. The number of unbranched alkanes of at least 4 members (excludes halogenated alkanes) is 2. The molecule has 0 aliphatic carbocycles. The molecule has 0 saturated heterocycles. The van der Waals surface area contributed by atoms with Crippen molar-refractivity contribution >= 4 is 11.8 Å². The summed E-state index contributed by atoms with van der Waals surface area (Å²) in [6.45, 7) is 1.16. The number of hydrogen-bond acceptors (Lipinski definition) is 4. The van der Waals surface area contributed by atoms with Crippen molar-refractivity contribution in [3.63, 3.8) is 0 Å². The summed E-state index contributed by atoms with van der Waals surface area (Å²) in [5.74, 6) is -0.729. The second kappa shape index (κ2) is 8.44. The van der Waals surface area contributed by atoms with Gasteiger partial charge in [-0.05, 0) is 45.0 Å². The average molecular weight is 267 g/mol. The molecule has 1 aromatic rings. The van der Waals surface area contributed by atoms with Crippen molar-refractivity contribution in [3.05, 3.63) is 24.0 Å². The number of likely N-dealkylation sites (N-methyl/N-ethyl adjacent to an activating group) is 1. The number of H-pyrrole nitrogens is 1. The SMILES string of the molecule is CN(CCCCCO)CC(=O)NC(=O)c1ccc[nH]1. The van der Waals surface area contributed by atoms with Gasteiger partial charge < -0.3 is 10.1 Å².